The highest BCUT2D eigenvalue weighted by molar-refractivity contribution is 7.50. The van der Waals surface area contributed by atoms with Crippen LogP contribution in [-0.2, 0) is 0 Å². The second-order valence-electron chi connectivity index (χ2n) is 2.67. The SMILES string of the molecule is CP([O-])C(C)(C)C. The van der Waals surface area contributed by atoms with Gasteiger partial charge in [0.1, 0.15) is 0 Å². The maximum absolute atomic E-state index is 10.6. The summed E-state index contributed by atoms with van der Waals surface area (Å²) in [7, 11) is -0.992. The molecule has 0 amide bonds. The summed E-state index contributed by atoms with van der Waals surface area (Å²) in [5, 5.41) is 0.00926. The lowest BCUT2D eigenvalue weighted by molar-refractivity contribution is -0.162. The van der Waals surface area contributed by atoms with Crippen LogP contribution >= 0.6 is 8.15 Å². The summed E-state index contributed by atoms with van der Waals surface area (Å²) in [6, 6.07) is 0. The molecule has 0 bridgehead atoms. The molecule has 0 radical (unpaired) electrons. The van der Waals surface area contributed by atoms with Crippen molar-refractivity contribution in [1.29, 1.82) is 0 Å². The van der Waals surface area contributed by atoms with Gasteiger partial charge in [-0.05, 0) is 5.16 Å². The lowest BCUT2D eigenvalue weighted by atomic mass is 10.3. The first-order valence-corrected chi connectivity index (χ1v) is 4.06. The molecule has 2 heteroatoms. The third-order valence-corrected chi connectivity index (χ3v) is 2.83. The van der Waals surface area contributed by atoms with Gasteiger partial charge < -0.3 is 4.89 Å². The lowest BCUT2D eigenvalue weighted by Crippen LogP contribution is -2.17. The van der Waals surface area contributed by atoms with E-state index in [1.54, 1.807) is 6.66 Å². The fourth-order valence-corrected chi connectivity index (χ4v) is 0. The molecule has 0 fully saturated rings. The lowest BCUT2D eigenvalue weighted by Gasteiger charge is -2.33. The zero-order valence-corrected chi connectivity index (χ0v) is 6.25. The van der Waals surface area contributed by atoms with E-state index in [2.05, 4.69) is 0 Å². The zero-order chi connectivity index (χ0) is 6.08. The first-order valence-electron chi connectivity index (χ1n) is 2.35. The van der Waals surface area contributed by atoms with Crippen LogP contribution in [0, 0.1) is 0 Å². The first-order chi connectivity index (χ1) is 2.94. The molecule has 0 saturated carbocycles. The van der Waals surface area contributed by atoms with Crippen molar-refractivity contribution >= 4 is 8.15 Å². The summed E-state index contributed by atoms with van der Waals surface area (Å²) >= 11 is 0. The Morgan fingerprint density at radius 2 is 1.43 bits per heavy atom. The molecule has 0 aliphatic carbocycles. The molecular formula is C5H12OP-. The van der Waals surface area contributed by atoms with Gasteiger partial charge in [0.15, 0.2) is 0 Å². The van der Waals surface area contributed by atoms with Gasteiger partial charge >= 0.3 is 0 Å². The van der Waals surface area contributed by atoms with Crippen molar-refractivity contribution in [3.8, 4) is 0 Å². The van der Waals surface area contributed by atoms with E-state index in [9.17, 15) is 4.89 Å². The molecule has 7 heavy (non-hydrogen) atoms. The second-order valence-corrected chi connectivity index (χ2v) is 5.00. The molecule has 0 N–H and O–H groups in total. The Labute approximate surface area is 46.6 Å². The monoisotopic (exact) mass is 119 g/mol. The minimum absolute atomic E-state index is 0.00926. The molecule has 0 heterocycles. The highest BCUT2D eigenvalue weighted by atomic mass is 31.1. The molecule has 1 nitrogen and oxygen atoms in total. The third kappa shape index (κ3) is 3.02. The van der Waals surface area contributed by atoms with Gasteiger partial charge in [-0.2, -0.15) is 0 Å². The van der Waals surface area contributed by atoms with Crippen LogP contribution < -0.4 is 4.89 Å². The van der Waals surface area contributed by atoms with Crippen molar-refractivity contribution in [2.45, 2.75) is 25.9 Å². The predicted molar refractivity (Wildman–Crippen MR) is 32.6 cm³/mol. The smallest absolute Gasteiger partial charge is 0.0327 e. The molecule has 0 rings (SSSR count). The van der Waals surface area contributed by atoms with Crippen molar-refractivity contribution in [2.75, 3.05) is 6.66 Å². The zero-order valence-electron chi connectivity index (χ0n) is 5.36. The summed E-state index contributed by atoms with van der Waals surface area (Å²) in [6.07, 6.45) is 0. The van der Waals surface area contributed by atoms with Crippen molar-refractivity contribution in [1.82, 2.24) is 0 Å². The molecule has 0 aromatic carbocycles. The fraction of sp³-hybridized carbons (Fsp3) is 1.00. The van der Waals surface area contributed by atoms with Gasteiger partial charge in [-0.3, -0.25) is 0 Å². The Balaban J connectivity index is 3.54. The highest BCUT2D eigenvalue weighted by Gasteiger charge is 2.07. The van der Waals surface area contributed by atoms with Crippen LogP contribution in [0.15, 0.2) is 0 Å². The van der Waals surface area contributed by atoms with E-state index < -0.39 is 8.15 Å². The van der Waals surface area contributed by atoms with Crippen molar-refractivity contribution in [2.24, 2.45) is 0 Å². The normalized spacial score (nSPS) is 16.7. The van der Waals surface area contributed by atoms with Crippen molar-refractivity contribution in [3.05, 3.63) is 0 Å². The quantitative estimate of drug-likeness (QED) is 0.439. The summed E-state index contributed by atoms with van der Waals surface area (Å²) < 4.78 is 0. The Morgan fingerprint density at radius 3 is 1.43 bits per heavy atom. The molecule has 0 saturated heterocycles. The summed E-state index contributed by atoms with van der Waals surface area (Å²) in [5.74, 6) is 0. The Morgan fingerprint density at radius 1 is 1.29 bits per heavy atom. The van der Waals surface area contributed by atoms with Gasteiger partial charge in [-0.1, -0.05) is 27.4 Å². The molecule has 0 aliphatic heterocycles. The van der Waals surface area contributed by atoms with Crippen LogP contribution in [0.3, 0.4) is 0 Å². The van der Waals surface area contributed by atoms with E-state index in [0.29, 0.717) is 0 Å². The van der Waals surface area contributed by atoms with Gasteiger partial charge in [0.05, 0.1) is 0 Å². The van der Waals surface area contributed by atoms with E-state index in [4.69, 9.17) is 0 Å². The second kappa shape index (κ2) is 2.11. The molecule has 0 aromatic heterocycles. The highest BCUT2D eigenvalue weighted by Crippen LogP contribution is 2.36. The van der Waals surface area contributed by atoms with Crippen LogP contribution in [-0.4, -0.2) is 11.8 Å². The molecular weight excluding hydrogens is 107 g/mol. The Bertz CT molecular complexity index is 53.6. The number of hydrogen-bond acceptors (Lipinski definition) is 1. The largest absolute Gasteiger partial charge is 0.829 e. The van der Waals surface area contributed by atoms with E-state index in [1.165, 1.54) is 0 Å². The maximum Gasteiger partial charge on any atom is -0.0327 e. The Kier molecular flexibility index (Phi) is 2.22. The summed E-state index contributed by atoms with van der Waals surface area (Å²) in [4.78, 5) is 10.6. The predicted octanol–water partition coefficient (Wildman–Crippen LogP) is 1.17. The van der Waals surface area contributed by atoms with E-state index in [0.717, 1.165) is 0 Å². The number of hydrogen-bond donors (Lipinski definition) is 0. The van der Waals surface area contributed by atoms with Gasteiger partial charge in [0.25, 0.3) is 0 Å². The average molecular weight is 119 g/mol. The van der Waals surface area contributed by atoms with Crippen molar-refractivity contribution < 1.29 is 4.89 Å². The van der Waals surface area contributed by atoms with Crippen LogP contribution in [0.5, 0.6) is 0 Å². The topological polar surface area (TPSA) is 23.1 Å². The average Bonchev–Trinajstić information content (AvgIpc) is 1.31. The summed E-state index contributed by atoms with van der Waals surface area (Å²) in [6.45, 7) is 7.69. The molecule has 0 aromatic rings. The minimum atomic E-state index is -0.992. The van der Waals surface area contributed by atoms with Crippen LogP contribution in [0.25, 0.3) is 0 Å². The molecule has 44 valence electrons. The Hall–Kier alpha value is 0.390. The van der Waals surface area contributed by atoms with Crippen LogP contribution in [0.4, 0.5) is 0 Å². The van der Waals surface area contributed by atoms with Gasteiger partial charge in [-0.25, -0.2) is 8.15 Å². The molecule has 0 spiro atoms. The minimum Gasteiger partial charge on any atom is -0.829 e. The summed E-state index contributed by atoms with van der Waals surface area (Å²) in [5.41, 5.74) is 0. The van der Waals surface area contributed by atoms with Gasteiger partial charge in [-0.15, -0.1) is 0 Å². The van der Waals surface area contributed by atoms with Crippen LogP contribution in [0.2, 0.25) is 0 Å². The van der Waals surface area contributed by atoms with Gasteiger partial charge in [0, 0.05) is 0 Å². The van der Waals surface area contributed by atoms with E-state index in [-0.39, 0.29) is 5.16 Å². The number of rotatable bonds is 0. The van der Waals surface area contributed by atoms with Crippen LogP contribution in [0.1, 0.15) is 20.8 Å². The fourth-order valence-electron chi connectivity index (χ4n) is 0. The standard InChI is InChI=1S/C5H12OP/c1-5(2,3)7(4)6/h1-4H3/q-1. The van der Waals surface area contributed by atoms with Crippen molar-refractivity contribution in [3.63, 3.8) is 0 Å². The first kappa shape index (κ1) is 7.39. The molecule has 0 aliphatic rings. The van der Waals surface area contributed by atoms with E-state index in [1.807, 2.05) is 20.8 Å². The molecule has 1 unspecified atom stereocenters. The maximum atomic E-state index is 10.6. The van der Waals surface area contributed by atoms with E-state index >= 15 is 0 Å². The molecule has 1 atom stereocenters. The third-order valence-electron chi connectivity index (χ3n) is 0.945. The van der Waals surface area contributed by atoms with Gasteiger partial charge in [0.2, 0.25) is 0 Å².